The summed E-state index contributed by atoms with van der Waals surface area (Å²) in [6, 6.07) is 8.76. The number of sulfone groups is 1. The lowest BCUT2D eigenvalue weighted by Gasteiger charge is -2.32. The van der Waals surface area contributed by atoms with E-state index >= 15 is 0 Å². The number of carbonyl (C=O) groups excluding carboxylic acids is 1. The molecule has 2 aromatic heterocycles. The first-order valence-corrected chi connectivity index (χ1v) is 11.2. The molecular weight excluding hydrogens is 374 g/mol. The molecule has 6 nitrogen and oxygen atoms in total. The number of hydrogen-bond acceptors (Lipinski definition) is 4. The number of pyridine rings is 1. The van der Waals surface area contributed by atoms with Crippen molar-refractivity contribution < 1.29 is 13.2 Å². The van der Waals surface area contributed by atoms with Crippen LogP contribution in [-0.2, 0) is 14.6 Å². The van der Waals surface area contributed by atoms with E-state index < -0.39 is 9.84 Å². The normalized spacial score (nSPS) is 19.4. The zero-order valence-corrected chi connectivity index (χ0v) is 17.0. The van der Waals surface area contributed by atoms with Crippen molar-refractivity contribution in [2.24, 2.45) is 5.92 Å². The van der Waals surface area contributed by atoms with Crippen molar-refractivity contribution in [2.45, 2.75) is 37.5 Å². The Labute approximate surface area is 164 Å². The summed E-state index contributed by atoms with van der Waals surface area (Å²) in [6.45, 7) is 3.69. The maximum absolute atomic E-state index is 12.0. The number of carbonyl (C=O) groups is 1. The summed E-state index contributed by atoms with van der Waals surface area (Å²) in [4.78, 5) is 16.1. The molecule has 1 N–H and O–H groups in total. The van der Waals surface area contributed by atoms with E-state index in [0.29, 0.717) is 17.7 Å². The summed E-state index contributed by atoms with van der Waals surface area (Å²) >= 11 is 0. The van der Waals surface area contributed by atoms with Gasteiger partial charge in [-0.3, -0.25) is 4.79 Å². The van der Waals surface area contributed by atoms with Gasteiger partial charge in [0, 0.05) is 42.7 Å². The lowest BCUT2D eigenvalue weighted by Crippen LogP contribution is -2.18. The first-order valence-electron chi connectivity index (χ1n) is 9.31. The van der Waals surface area contributed by atoms with E-state index in [0.717, 1.165) is 29.4 Å². The maximum Gasteiger partial charge on any atom is 0.222 e. The van der Waals surface area contributed by atoms with Gasteiger partial charge in [0.25, 0.3) is 0 Å². The Morgan fingerprint density at radius 1 is 1.25 bits per heavy atom. The molecule has 1 saturated carbocycles. The minimum atomic E-state index is -3.30. The van der Waals surface area contributed by atoms with Gasteiger partial charge in [0.2, 0.25) is 5.91 Å². The van der Waals surface area contributed by atoms with Gasteiger partial charge in [0.05, 0.1) is 10.4 Å². The standard InChI is InChI=1S/C21H23N3O3S/c1-13-7-15(8-13)19-12-24(16-5-4-6-17(9-16)28(3,26)27)20-10-21(23-14(2)25)22-11-18(19)20/h4-6,9-13,15H,7-8H2,1-3H3,(H,22,23,25). The second kappa shape index (κ2) is 6.74. The maximum atomic E-state index is 12.0. The van der Waals surface area contributed by atoms with Gasteiger partial charge in [-0.1, -0.05) is 13.0 Å². The first kappa shape index (κ1) is 18.7. The molecule has 7 heteroatoms. The third-order valence-corrected chi connectivity index (χ3v) is 6.47. The molecule has 1 aliphatic rings. The van der Waals surface area contributed by atoms with Crippen molar-refractivity contribution in [1.29, 1.82) is 0 Å². The summed E-state index contributed by atoms with van der Waals surface area (Å²) in [5, 5.41) is 3.76. The van der Waals surface area contributed by atoms with E-state index in [9.17, 15) is 13.2 Å². The highest BCUT2D eigenvalue weighted by Crippen LogP contribution is 2.44. The highest BCUT2D eigenvalue weighted by molar-refractivity contribution is 7.90. The van der Waals surface area contributed by atoms with Crippen molar-refractivity contribution in [3.8, 4) is 5.69 Å². The fraction of sp³-hybridized carbons (Fsp3) is 0.333. The quantitative estimate of drug-likeness (QED) is 0.724. The van der Waals surface area contributed by atoms with E-state index in [2.05, 4.69) is 23.4 Å². The summed E-state index contributed by atoms with van der Waals surface area (Å²) in [7, 11) is -3.30. The third-order valence-electron chi connectivity index (χ3n) is 5.36. The lowest BCUT2D eigenvalue weighted by atomic mass is 9.72. The van der Waals surface area contributed by atoms with Gasteiger partial charge in [-0.25, -0.2) is 13.4 Å². The zero-order chi connectivity index (χ0) is 20.1. The number of benzene rings is 1. The number of anilines is 1. The van der Waals surface area contributed by atoms with Crippen LogP contribution in [-0.4, -0.2) is 30.1 Å². The van der Waals surface area contributed by atoms with Gasteiger partial charge in [-0.05, 0) is 48.4 Å². The van der Waals surface area contributed by atoms with Crippen LogP contribution >= 0.6 is 0 Å². The third kappa shape index (κ3) is 3.42. The number of nitrogens with zero attached hydrogens (tertiary/aromatic N) is 2. The van der Waals surface area contributed by atoms with Crippen LogP contribution in [0.2, 0.25) is 0 Å². The second-order valence-electron chi connectivity index (χ2n) is 7.77. The van der Waals surface area contributed by atoms with Crippen LogP contribution in [0.1, 0.15) is 38.2 Å². The van der Waals surface area contributed by atoms with E-state index in [1.165, 1.54) is 18.7 Å². The van der Waals surface area contributed by atoms with Crippen molar-refractivity contribution in [3.05, 3.63) is 48.3 Å². The molecule has 0 spiro atoms. The SMILES string of the molecule is CC(=O)Nc1cc2c(cn1)c(C1CC(C)C1)cn2-c1cccc(S(C)(=O)=O)c1. The van der Waals surface area contributed by atoms with E-state index in [1.807, 2.05) is 16.7 Å². The Bertz CT molecular complexity index is 1170. The minimum Gasteiger partial charge on any atom is -0.316 e. The molecule has 146 valence electrons. The van der Waals surface area contributed by atoms with Gasteiger partial charge < -0.3 is 9.88 Å². The molecule has 1 aromatic carbocycles. The largest absolute Gasteiger partial charge is 0.316 e. The van der Waals surface area contributed by atoms with Crippen molar-refractivity contribution in [3.63, 3.8) is 0 Å². The Morgan fingerprint density at radius 2 is 2.00 bits per heavy atom. The van der Waals surface area contributed by atoms with Crippen molar-refractivity contribution in [2.75, 3.05) is 11.6 Å². The number of nitrogens with one attached hydrogen (secondary N) is 1. The molecule has 0 unspecified atom stereocenters. The molecule has 0 saturated heterocycles. The molecular formula is C21H23N3O3S. The summed E-state index contributed by atoms with van der Waals surface area (Å²) < 4.78 is 26.0. The topological polar surface area (TPSA) is 81.1 Å². The molecule has 0 radical (unpaired) electrons. The summed E-state index contributed by atoms with van der Waals surface area (Å²) in [6.07, 6.45) is 7.36. The highest BCUT2D eigenvalue weighted by atomic mass is 32.2. The van der Waals surface area contributed by atoms with E-state index in [-0.39, 0.29) is 10.8 Å². The van der Waals surface area contributed by atoms with Crippen LogP contribution in [0.15, 0.2) is 47.6 Å². The molecule has 1 fully saturated rings. The van der Waals surface area contributed by atoms with Crippen LogP contribution < -0.4 is 5.32 Å². The highest BCUT2D eigenvalue weighted by Gasteiger charge is 2.30. The predicted octanol–water partition coefficient (Wildman–Crippen LogP) is 3.90. The molecule has 3 aromatic rings. The van der Waals surface area contributed by atoms with Crippen molar-refractivity contribution in [1.82, 2.24) is 9.55 Å². The molecule has 4 rings (SSSR count). The van der Waals surface area contributed by atoms with Crippen molar-refractivity contribution >= 4 is 32.5 Å². The first-order chi connectivity index (χ1) is 13.2. The monoisotopic (exact) mass is 397 g/mol. The van der Waals surface area contributed by atoms with Gasteiger partial charge in [-0.2, -0.15) is 0 Å². The van der Waals surface area contributed by atoms with E-state index in [1.54, 1.807) is 24.4 Å². The molecule has 1 amide bonds. The van der Waals surface area contributed by atoms with Gasteiger partial charge in [0.1, 0.15) is 5.82 Å². The van der Waals surface area contributed by atoms with Crippen LogP contribution in [0, 0.1) is 5.92 Å². The number of amides is 1. The fourth-order valence-electron chi connectivity index (χ4n) is 3.95. The number of fused-ring (bicyclic) bond motifs is 1. The molecule has 28 heavy (non-hydrogen) atoms. The minimum absolute atomic E-state index is 0.183. The number of aromatic nitrogens is 2. The molecule has 1 aliphatic carbocycles. The van der Waals surface area contributed by atoms with Gasteiger partial charge >= 0.3 is 0 Å². The Morgan fingerprint density at radius 3 is 2.64 bits per heavy atom. The molecule has 0 atom stereocenters. The lowest BCUT2D eigenvalue weighted by molar-refractivity contribution is -0.114. The number of rotatable bonds is 4. The van der Waals surface area contributed by atoms with Crippen LogP contribution in [0.5, 0.6) is 0 Å². The Hall–Kier alpha value is -2.67. The average molecular weight is 398 g/mol. The van der Waals surface area contributed by atoms with Gasteiger partial charge in [-0.15, -0.1) is 0 Å². The fourth-order valence-corrected chi connectivity index (χ4v) is 4.61. The molecule has 2 heterocycles. The predicted molar refractivity (Wildman–Crippen MR) is 110 cm³/mol. The smallest absolute Gasteiger partial charge is 0.222 e. The summed E-state index contributed by atoms with van der Waals surface area (Å²) in [5.74, 6) is 1.48. The van der Waals surface area contributed by atoms with E-state index in [4.69, 9.17) is 0 Å². The van der Waals surface area contributed by atoms with Crippen LogP contribution in [0.3, 0.4) is 0 Å². The zero-order valence-electron chi connectivity index (χ0n) is 16.1. The Balaban J connectivity index is 1.90. The van der Waals surface area contributed by atoms with Crippen LogP contribution in [0.4, 0.5) is 5.82 Å². The van der Waals surface area contributed by atoms with Gasteiger partial charge in [0.15, 0.2) is 9.84 Å². The molecule has 0 aliphatic heterocycles. The Kier molecular flexibility index (Phi) is 4.50. The van der Waals surface area contributed by atoms with Crippen LogP contribution in [0.25, 0.3) is 16.6 Å². The summed E-state index contributed by atoms with van der Waals surface area (Å²) in [5.41, 5.74) is 2.89. The average Bonchev–Trinajstić information content (AvgIpc) is 2.96. The molecule has 0 bridgehead atoms. The second-order valence-corrected chi connectivity index (χ2v) is 9.78. The number of hydrogen-bond donors (Lipinski definition) is 1.